The summed E-state index contributed by atoms with van der Waals surface area (Å²) in [6, 6.07) is 6.89. The van der Waals surface area contributed by atoms with Crippen molar-refractivity contribution in [2.75, 3.05) is 11.9 Å². The monoisotopic (exact) mass is 229 g/mol. The Kier molecular flexibility index (Phi) is 2.11. The summed E-state index contributed by atoms with van der Waals surface area (Å²) < 4.78 is 1.89. The van der Waals surface area contributed by atoms with Crippen LogP contribution in [0.15, 0.2) is 30.5 Å². The molecular formula is C12H11N3O2. The van der Waals surface area contributed by atoms with Gasteiger partial charge in [-0.1, -0.05) is 12.1 Å². The van der Waals surface area contributed by atoms with Crippen molar-refractivity contribution in [3.8, 4) is 11.1 Å². The number of carbonyl (C=O) groups is 1. The number of nitrogens with zero attached hydrogens (tertiary/aromatic N) is 2. The molecule has 0 radical (unpaired) electrons. The van der Waals surface area contributed by atoms with Gasteiger partial charge in [0.05, 0.1) is 18.3 Å². The minimum absolute atomic E-state index is 0.292. The van der Waals surface area contributed by atoms with Crippen LogP contribution in [-0.4, -0.2) is 27.4 Å². The molecule has 3 rings (SSSR count). The van der Waals surface area contributed by atoms with E-state index >= 15 is 0 Å². The molecule has 1 aromatic carbocycles. The summed E-state index contributed by atoms with van der Waals surface area (Å²) in [4.78, 5) is 10.9. The van der Waals surface area contributed by atoms with Crippen LogP contribution in [0, 0.1) is 0 Å². The Labute approximate surface area is 97.7 Å². The maximum Gasteiger partial charge on any atom is 0.335 e. The highest BCUT2D eigenvalue weighted by Crippen LogP contribution is 2.30. The summed E-state index contributed by atoms with van der Waals surface area (Å²) >= 11 is 0. The zero-order chi connectivity index (χ0) is 11.8. The number of carboxylic acid groups (broad SMARTS) is 1. The lowest BCUT2D eigenvalue weighted by Crippen LogP contribution is -1.97. The number of rotatable bonds is 2. The molecule has 0 saturated heterocycles. The van der Waals surface area contributed by atoms with Gasteiger partial charge in [0.1, 0.15) is 5.82 Å². The van der Waals surface area contributed by atoms with E-state index in [9.17, 15) is 4.79 Å². The smallest absolute Gasteiger partial charge is 0.335 e. The summed E-state index contributed by atoms with van der Waals surface area (Å²) in [6.45, 7) is 1.72. The van der Waals surface area contributed by atoms with E-state index in [4.69, 9.17) is 5.11 Å². The van der Waals surface area contributed by atoms with Gasteiger partial charge in [-0.05, 0) is 17.7 Å². The lowest BCUT2D eigenvalue weighted by molar-refractivity contribution is 0.0697. The molecule has 2 aromatic rings. The Balaban J connectivity index is 2.09. The third kappa shape index (κ3) is 1.56. The Morgan fingerprint density at radius 3 is 3.18 bits per heavy atom. The fourth-order valence-corrected chi connectivity index (χ4v) is 2.05. The second-order valence-corrected chi connectivity index (χ2v) is 3.94. The van der Waals surface area contributed by atoms with Crippen molar-refractivity contribution in [1.82, 2.24) is 9.78 Å². The summed E-state index contributed by atoms with van der Waals surface area (Å²) in [5, 5.41) is 16.5. The van der Waals surface area contributed by atoms with Gasteiger partial charge in [0, 0.05) is 12.1 Å². The minimum Gasteiger partial charge on any atom is -0.478 e. The molecule has 0 unspecified atom stereocenters. The number of carboxylic acids is 1. The normalized spacial score (nSPS) is 13.2. The van der Waals surface area contributed by atoms with Gasteiger partial charge < -0.3 is 10.4 Å². The van der Waals surface area contributed by atoms with Crippen LogP contribution in [0.4, 0.5) is 5.82 Å². The van der Waals surface area contributed by atoms with Crippen LogP contribution in [0.5, 0.6) is 0 Å². The maximum absolute atomic E-state index is 10.9. The van der Waals surface area contributed by atoms with Crippen LogP contribution < -0.4 is 5.32 Å². The van der Waals surface area contributed by atoms with E-state index in [1.54, 1.807) is 24.4 Å². The first-order valence-corrected chi connectivity index (χ1v) is 5.39. The number of hydrogen-bond donors (Lipinski definition) is 2. The molecule has 0 atom stereocenters. The first-order chi connectivity index (χ1) is 8.25. The maximum atomic E-state index is 10.9. The standard InChI is InChI=1S/C12H11N3O2/c16-12(17)9-3-1-2-8(6-9)10-7-14-15-5-4-13-11(10)15/h1-3,6-7,13H,4-5H2,(H,16,17). The number of benzene rings is 1. The molecule has 86 valence electrons. The Morgan fingerprint density at radius 1 is 1.47 bits per heavy atom. The Bertz CT molecular complexity index is 589. The van der Waals surface area contributed by atoms with E-state index in [0.717, 1.165) is 30.0 Å². The van der Waals surface area contributed by atoms with E-state index < -0.39 is 5.97 Å². The van der Waals surface area contributed by atoms with Crippen molar-refractivity contribution in [3.63, 3.8) is 0 Å². The van der Waals surface area contributed by atoms with Gasteiger partial charge in [-0.15, -0.1) is 0 Å². The molecule has 1 aromatic heterocycles. The molecule has 0 saturated carbocycles. The van der Waals surface area contributed by atoms with E-state index in [2.05, 4.69) is 10.4 Å². The highest BCUT2D eigenvalue weighted by Gasteiger charge is 2.17. The molecule has 0 bridgehead atoms. The van der Waals surface area contributed by atoms with Crippen molar-refractivity contribution in [1.29, 1.82) is 0 Å². The van der Waals surface area contributed by atoms with Crippen molar-refractivity contribution in [3.05, 3.63) is 36.0 Å². The van der Waals surface area contributed by atoms with Gasteiger partial charge >= 0.3 is 5.97 Å². The highest BCUT2D eigenvalue weighted by atomic mass is 16.4. The molecule has 0 spiro atoms. The summed E-state index contributed by atoms with van der Waals surface area (Å²) in [7, 11) is 0. The van der Waals surface area contributed by atoms with Gasteiger partial charge in [-0.2, -0.15) is 5.10 Å². The molecule has 5 nitrogen and oxygen atoms in total. The van der Waals surface area contributed by atoms with Gasteiger partial charge in [-0.25, -0.2) is 9.48 Å². The quantitative estimate of drug-likeness (QED) is 0.822. The number of nitrogens with one attached hydrogen (secondary N) is 1. The molecule has 17 heavy (non-hydrogen) atoms. The molecule has 2 heterocycles. The van der Waals surface area contributed by atoms with E-state index in [1.165, 1.54) is 0 Å². The highest BCUT2D eigenvalue weighted by molar-refractivity contribution is 5.90. The van der Waals surface area contributed by atoms with E-state index in [1.807, 2.05) is 10.7 Å². The van der Waals surface area contributed by atoms with Crippen LogP contribution in [-0.2, 0) is 6.54 Å². The molecule has 0 aliphatic carbocycles. The first-order valence-electron chi connectivity index (χ1n) is 5.39. The predicted molar refractivity (Wildman–Crippen MR) is 63.1 cm³/mol. The van der Waals surface area contributed by atoms with Gasteiger partial charge in [-0.3, -0.25) is 0 Å². The Hall–Kier alpha value is -2.30. The number of aromatic nitrogens is 2. The lowest BCUT2D eigenvalue weighted by Gasteiger charge is -2.03. The molecule has 5 heteroatoms. The topological polar surface area (TPSA) is 67.1 Å². The Morgan fingerprint density at radius 2 is 2.35 bits per heavy atom. The summed E-state index contributed by atoms with van der Waals surface area (Å²) in [5.41, 5.74) is 2.12. The van der Waals surface area contributed by atoms with E-state index in [-0.39, 0.29) is 0 Å². The zero-order valence-electron chi connectivity index (χ0n) is 9.05. The second-order valence-electron chi connectivity index (χ2n) is 3.94. The summed E-state index contributed by atoms with van der Waals surface area (Å²) in [6.07, 6.45) is 1.77. The predicted octanol–water partition coefficient (Wildman–Crippen LogP) is 1.67. The second kappa shape index (κ2) is 3.62. The van der Waals surface area contributed by atoms with Crippen LogP contribution in [0.1, 0.15) is 10.4 Å². The van der Waals surface area contributed by atoms with Crippen LogP contribution in [0.3, 0.4) is 0 Å². The van der Waals surface area contributed by atoms with Crippen LogP contribution in [0.2, 0.25) is 0 Å². The third-order valence-corrected chi connectivity index (χ3v) is 2.88. The number of aromatic carboxylic acids is 1. The average Bonchev–Trinajstić information content (AvgIpc) is 2.90. The fraction of sp³-hybridized carbons (Fsp3) is 0.167. The van der Waals surface area contributed by atoms with Crippen molar-refractivity contribution < 1.29 is 9.90 Å². The molecule has 2 N–H and O–H groups in total. The zero-order valence-corrected chi connectivity index (χ0v) is 9.05. The molecule has 0 fully saturated rings. The lowest BCUT2D eigenvalue weighted by atomic mass is 10.1. The molecule has 1 aliphatic rings. The summed E-state index contributed by atoms with van der Waals surface area (Å²) in [5.74, 6) is 0.0520. The first kappa shape index (κ1) is 9.89. The van der Waals surface area contributed by atoms with E-state index in [0.29, 0.717) is 5.56 Å². The van der Waals surface area contributed by atoms with Crippen molar-refractivity contribution in [2.24, 2.45) is 0 Å². The SMILES string of the molecule is O=C(O)c1cccc(-c2cnn3c2NCC3)c1. The number of hydrogen-bond acceptors (Lipinski definition) is 3. The van der Waals surface area contributed by atoms with Crippen molar-refractivity contribution in [2.45, 2.75) is 6.54 Å². The largest absolute Gasteiger partial charge is 0.478 e. The average molecular weight is 229 g/mol. The van der Waals surface area contributed by atoms with Crippen LogP contribution in [0.25, 0.3) is 11.1 Å². The number of fused-ring (bicyclic) bond motifs is 1. The third-order valence-electron chi connectivity index (χ3n) is 2.88. The minimum atomic E-state index is -0.913. The van der Waals surface area contributed by atoms with Gasteiger partial charge in [0.2, 0.25) is 0 Å². The fourth-order valence-electron chi connectivity index (χ4n) is 2.05. The molecular weight excluding hydrogens is 218 g/mol. The molecule has 1 aliphatic heterocycles. The van der Waals surface area contributed by atoms with Gasteiger partial charge in [0.25, 0.3) is 0 Å². The van der Waals surface area contributed by atoms with Gasteiger partial charge in [0.15, 0.2) is 0 Å². The van der Waals surface area contributed by atoms with Crippen molar-refractivity contribution >= 4 is 11.8 Å². The van der Waals surface area contributed by atoms with Crippen LogP contribution >= 0.6 is 0 Å². The molecule has 0 amide bonds. The number of anilines is 1.